The average Bonchev–Trinajstić information content (AvgIpc) is 3.31. The quantitative estimate of drug-likeness (QED) is 0.133. The molecule has 16 heteroatoms. The Labute approximate surface area is 219 Å². The van der Waals surface area contributed by atoms with E-state index in [4.69, 9.17) is 16.3 Å². The van der Waals surface area contributed by atoms with Gasteiger partial charge in [-0.05, 0) is 0 Å². The third-order valence-corrected chi connectivity index (χ3v) is 9.70. The highest BCUT2D eigenvalue weighted by molar-refractivity contribution is 8.00. The fraction of sp³-hybridized carbons (Fsp3) is 0.571. The van der Waals surface area contributed by atoms with Crippen molar-refractivity contribution in [3.63, 3.8) is 0 Å². The van der Waals surface area contributed by atoms with Crippen molar-refractivity contribution < 1.29 is 33.6 Å². The number of carbonyl (C=O) groups excluding carboxylic acids is 4. The van der Waals surface area contributed by atoms with Crippen molar-refractivity contribution in [2.24, 2.45) is 16.3 Å². The molecule has 6 rings (SSSR count). The van der Waals surface area contributed by atoms with Crippen LogP contribution < -0.4 is 21.9 Å². The van der Waals surface area contributed by atoms with Gasteiger partial charge in [0.15, 0.2) is 5.13 Å². The molecule has 4 fully saturated rings. The van der Waals surface area contributed by atoms with Crippen LogP contribution in [-0.4, -0.2) is 98.6 Å². The molecular formula is C21H26N8O6S2. The summed E-state index contributed by atoms with van der Waals surface area (Å²) in [7, 11) is 1.25. The van der Waals surface area contributed by atoms with Crippen molar-refractivity contribution in [2.75, 3.05) is 44.8 Å². The van der Waals surface area contributed by atoms with Crippen LogP contribution in [0.5, 0.6) is 0 Å². The first-order valence-corrected chi connectivity index (χ1v) is 13.5. The smallest absolute Gasteiger partial charge is 0.278 e. The predicted octanol–water partition coefficient (Wildman–Crippen LogP) is -2.64. The highest BCUT2D eigenvalue weighted by Gasteiger charge is 2.56. The number of aromatic nitrogens is 2. The second-order valence-electron chi connectivity index (χ2n) is 9.74. The Balaban J connectivity index is 1.32. The molecule has 198 valence electrons. The second kappa shape index (κ2) is 9.25. The standard InChI is InChI=1S/C21H26N8O6S2/c1-35-26-11(14-25-20(23)37-27-14)15(30)24-12-16(31)28-13(18(32)33)10(9-36-17(12)28)8-29-5-2-21(3-6-29,4-7-29)19(22)34/h12,17H,2-9H2,1H3,(H5-,22,23,24,25,27,30,32,33,34)/b26-11-. The number of thioether (sulfide) groups is 1. The van der Waals surface area contributed by atoms with E-state index in [1.807, 2.05) is 0 Å². The van der Waals surface area contributed by atoms with E-state index in [0.29, 0.717) is 41.6 Å². The molecule has 0 radical (unpaired) electrons. The zero-order valence-corrected chi connectivity index (χ0v) is 21.6. The number of rotatable bonds is 8. The Kier molecular flexibility index (Phi) is 6.35. The van der Waals surface area contributed by atoms with Gasteiger partial charge in [-0.15, -0.1) is 11.8 Å². The van der Waals surface area contributed by atoms with E-state index in [1.165, 1.54) is 23.8 Å². The van der Waals surface area contributed by atoms with Crippen molar-refractivity contribution in [3.8, 4) is 0 Å². The zero-order chi connectivity index (χ0) is 26.5. The number of carboxylic acid groups (broad SMARTS) is 1. The monoisotopic (exact) mass is 550 g/mol. The Bertz CT molecular complexity index is 1220. The highest BCUT2D eigenvalue weighted by Crippen LogP contribution is 2.46. The lowest BCUT2D eigenvalue weighted by molar-refractivity contribution is -0.940. The summed E-state index contributed by atoms with van der Waals surface area (Å²) in [6, 6.07) is -0.973. The molecule has 2 bridgehead atoms. The predicted molar refractivity (Wildman–Crippen MR) is 130 cm³/mol. The van der Waals surface area contributed by atoms with Crippen LogP contribution in [0.1, 0.15) is 25.1 Å². The van der Waals surface area contributed by atoms with Gasteiger partial charge in [-0.1, -0.05) is 5.16 Å². The third kappa shape index (κ3) is 4.21. The van der Waals surface area contributed by atoms with E-state index >= 15 is 0 Å². The Morgan fingerprint density at radius 1 is 1.30 bits per heavy atom. The molecule has 2 unspecified atom stereocenters. The lowest BCUT2D eigenvalue weighted by Gasteiger charge is -2.55. The number of nitrogens with one attached hydrogen (secondary N) is 1. The first-order chi connectivity index (χ1) is 17.6. The van der Waals surface area contributed by atoms with E-state index < -0.39 is 34.6 Å². The summed E-state index contributed by atoms with van der Waals surface area (Å²) >= 11 is 2.25. The van der Waals surface area contributed by atoms with Gasteiger partial charge < -0.3 is 36.0 Å². The van der Waals surface area contributed by atoms with Gasteiger partial charge in [-0.2, -0.15) is 9.36 Å². The van der Waals surface area contributed by atoms with Crippen LogP contribution in [0.2, 0.25) is 0 Å². The summed E-state index contributed by atoms with van der Waals surface area (Å²) < 4.78 is 4.61. The molecule has 0 spiro atoms. The highest BCUT2D eigenvalue weighted by atomic mass is 32.2. The number of oxime groups is 1. The van der Waals surface area contributed by atoms with Crippen LogP contribution >= 0.6 is 23.3 Å². The fourth-order valence-corrected chi connectivity index (χ4v) is 7.45. The van der Waals surface area contributed by atoms with Gasteiger partial charge in [0.2, 0.25) is 17.4 Å². The molecular weight excluding hydrogens is 524 g/mol. The number of piperidine rings is 3. The molecule has 37 heavy (non-hydrogen) atoms. The lowest BCUT2D eigenvalue weighted by atomic mass is 9.70. The number of carbonyl (C=O) groups is 4. The zero-order valence-electron chi connectivity index (χ0n) is 20.0. The van der Waals surface area contributed by atoms with Gasteiger partial charge in [-0.25, -0.2) is 0 Å². The Morgan fingerprint density at radius 3 is 2.51 bits per heavy atom. The van der Waals surface area contributed by atoms with Gasteiger partial charge in [0.25, 0.3) is 11.8 Å². The molecule has 1 aromatic heterocycles. The number of carboxylic acids is 1. The van der Waals surface area contributed by atoms with Crippen LogP contribution in [-0.2, 0) is 24.0 Å². The third-order valence-electron chi connectivity index (χ3n) is 7.82. The summed E-state index contributed by atoms with van der Waals surface area (Å²) in [5, 5.41) is 18.0. The van der Waals surface area contributed by atoms with E-state index in [2.05, 4.69) is 19.8 Å². The van der Waals surface area contributed by atoms with E-state index in [1.54, 1.807) is 0 Å². The van der Waals surface area contributed by atoms with Gasteiger partial charge in [-0.3, -0.25) is 19.3 Å². The Morgan fingerprint density at radius 2 is 1.97 bits per heavy atom. The molecule has 5 aliphatic rings. The molecule has 4 saturated heterocycles. The van der Waals surface area contributed by atoms with Crippen LogP contribution in [0.15, 0.2) is 16.4 Å². The van der Waals surface area contributed by atoms with Crippen molar-refractivity contribution in [2.45, 2.75) is 30.7 Å². The van der Waals surface area contributed by atoms with Crippen LogP contribution in [0.25, 0.3) is 0 Å². The van der Waals surface area contributed by atoms with E-state index in [0.717, 1.165) is 31.2 Å². The fourth-order valence-electron chi connectivity index (χ4n) is 5.68. The van der Waals surface area contributed by atoms with Crippen LogP contribution in [0.4, 0.5) is 5.13 Å². The average molecular weight is 551 g/mol. The number of anilines is 1. The number of β-lactam (4-membered cyclic amide) rings is 1. The first-order valence-electron chi connectivity index (χ1n) is 11.6. The minimum atomic E-state index is -1.43. The summed E-state index contributed by atoms with van der Waals surface area (Å²) in [5.74, 6) is -2.68. The maximum absolute atomic E-state index is 13.1. The number of nitrogen functional groups attached to an aromatic ring is 1. The second-order valence-corrected chi connectivity index (χ2v) is 11.6. The number of primary amides is 1. The van der Waals surface area contributed by atoms with Crippen LogP contribution in [0, 0.1) is 5.41 Å². The minimum Gasteiger partial charge on any atom is -0.543 e. The molecule has 0 aromatic carbocycles. The molecule has 0 saturated carbocycles. The molecule has 3 amide bonds. The molecule has 5 N–H and O–H groups in total. The molecule has 5 aliphatic heterocycles. The van der Waals surface area contributed by atoms with Gasteiger partial charge >= 0.3 is 0 Å². The molecule has 14 nitrogen and oxygen atoms in total. The number of amides is 3. The Hall–Kier alpha value is -3.24. The summed E-state index contributed by atoms with van der Waals surface area (Å²) in [6.45, 7) is 2.64. The lowest BCUT2D eigenvalue weighted by Crippen LogP contribution is -2.72. The summed E-state index contributed by atoms with van der Waals surface area (Å²) in [5.41, 5.74) is 11.0. The van der Waals surface area contributed by atoms with Gasteiger partial charge in [0.05, 0.1) is 36.7 Å². The normalized spacial score (nSPS) is 31.0. The molecule has 6 heterocycles. The SMILES string of the molecule is CO/N=C(\C(=O)NC1C(=O)N2C(C(=O)[O-])=C(C[N+]34CCC(C(N)=O)(CC3)CC4)CSC12)c1nsc(N)n1. The molecule has 2 atom stereocenters. The first kappa shape index (κ1) is 25.4. The number of hydrogen-bond donors (Lipinski definition) is 3. The topological polar surface area (TPSA) is 206 Å². The van der Waals surface area contributed by atoms with Crippen molar-refractivity contribution in [3.05, 3.63) is 17.1 Å². The maximum atomic E-state index is 13.1. The summed E-state index contributed by atoms with van der Waals surface area (Å²) in [6.07, 6.45) is 2.02. The van der Waals surface area contributed by atoms with Crippen LogP contribution in [0.3, 0.4) is 0 Å². The molecule has 1 aromatic rings. The van der Waals surface area contributed by atoms with E-state index in [9.17, 15) is 24.3 Å². The largest absolute Gasteiger partial charge is 0.543 e. The summed E-state index contributed by atoms with van der Waals surface area (Å²) in [4.78, 5) is 60.0. The number of fused-ring (bicyclic) bond motifs is 4. The number of hydrogen-bond acceptors (Lipinski definition) is 12. The number of nitrogens with zero attached hydrogens (tertiary/aromatic N) is 5. The van der Waals surface area contributed by atoms with E-state index in [-0.39, 0.29) is 28.3 Å². The van der Waals surface area contributed by atoms with Gasteiger partial charge in [0.1, 0.15) is 25.1 Å². The maximum Gasteiger partial charge on any atom is 0.278 e. The minimum absolute atomic E-state index is 0.0447. The van der Waals surface area contributed by atoms with Gasteiger partial charge in [0, 0.05) is 42.1 Å². The number of aliphatic carboxylic acids is 1. The number of nitrogens with two attached hydrogens (primary N) is 2. The van der Waals surface area contributed by atoms with Crippen molar-refractivity contribution >= 4 is 57.8 Å². The van der Waals surface area contributed by atoms with Crippen molar-refractivity contribution in [1.82, 2.24) is 19.6 Å². The van der Waals surface area contributed by atoms with Crippen molar-refractivity contribution in [1.29, 1.82) is 0 Å². The number of quaternary nitrogens is 1. The molecule has 0 aliphatic carbocycles.